The normalized spacial score (nSPS) is 11.2. The third kappa shape index (κ3) is 6.46. The van der Waals surface area contributed by atoms with E-state index < -0.39 is 0 Å². The van der Waals surface area contributed by atoms with Crippen LogP contribution in [0.2, 0.25) is 5.02 Å². The highest BCUT2D eigenvalue weighted by molar-refractivity contribution is 14.0. The summed E-state index contributed by atoms with van der Waals surface area (Å²) in [5.74, 6) is 2.45. The largest absolute Gasteiger partial charge is 0.356 e. The lowest BCUT2D eigenvalue weighted by Gasteiger charge is -2.12. The summed E-state index contributed by atoms with van der Waals surface area (Å²) in [6, 6.07) is 12.1. The van der Waals surface area contributed by atoms with Crippen LogP contribution in [0.25, 0.3) is 0 Å². The number of hydrogen-bond donors (Lipinski definition) is 2. The molecule has 150 valence electrons. The molecule has 1 aromatic carbocycles. The van der Waals surface area contributed by atoms with E-state index in [-0.39, 0.29) is 24.0 Å². The van der Waals surface area contributed by atoms with Gasteiger partial charge in [0.2, 0.25) is 0 Å². The molecule has 0 saturated carbocycles. The zero-order valence-corrected chi connectivity index (χ0v) is 19.8. The van der Waals surface area contributed by atoms with Crippen molar-refractivity contribution in [3.05, 3.63) is 68.9 Å². The Bertz CT molecular complexity index is 894. The maximum Gasteiger partial charge on any atom is 0.192 e. The molecular weight excluding hydrogens is 507 g/mol. The first kappa shape index (κ1) is 22.6. The monoisotopic (exact) mass is 530 g/mol. The fourth-order valence-electron chi connectivity index (χ4n) is 2.51. The van der Waals surface area contributed by atoms with Gasteiger partial charge in [-0.05, 0) is 36.4 Å². The second-order valence-electron chi connectivity index (χ2n) is 6.09. The van der Waals surface area contributed by atoms with Gasteiger partial charge in [-0.3, -0.25) is 0 Å². The molecule has 3 rings (SSSR count). The number of guanidine groups is 1. The van der Waals surface area contributed by atoms with E-state index in [0.29, 0.717) is 6.54 Å². The number of nitrogens with one attached hydrogen (secondary N) is 2. The van der Waals surface area contributed by atoms with Crippen LogP contribution in [-0.4, -0.2) is 27.3 Å². The van der Waals surface area contributed by atoms with E-state index in [1.165, 1.54) is 4.88 Å². The van der Waals surface area contributed by atoms with Gasteiger partial charge in [0.1, 0.15) is 12.4 Å². The van der Waals surface area contributed by atoms with Gasteiger partial charge in [-0.15, -0.1) is 45.5 Å². The number of thiophene rings is 1. The Hall–Kier alpha value is -1.65. The molecule has 0 aliphatic heterocycles. The molecule has 0 amide bonds. The predicted molar refractivity (Wildman–Crippen MR) is 127 cm³/mol. The van der Waals surface area contributed by atoms with Crippen LogP contribution in [-0.2, 0) is 26.6 Å². The number of nitrogens with zero attached hydrogens (tertiary/aromatic N) is 4. The van der Waals surface area contributed by atoms with Crippen LogP contribution in [0.15, 0.2) is 46.8 Å². The van der Waals surface area contributed by atoms with E-state index >= 15 is 0 Å². The maximum atomic E-state index is 6.24. The molecular formula is C19H24ClIN6S. The Balaban J connectivity index is 0.00000280. The molecule has 2 aromatic heterocycles. The van der Waals surface area contributed by atoms with E-state index in [4.69, 9.17) is 11.6 Å². The van der Waals surface area contributed by atoms with E-state index in [0.717, 1.165) is 47.7 Å². The number of rotatable bonds is 7. The summed E-state index contributed by atoms with van der Waals surface area (Å²) >= 11 is 7.96. The Morgan fingerprint density at radius 1 is 1.18 bits per heavy atom. The molecule has 0 aliphatic carbocycles. The van der Waals surface area contributed by atoms with Gasteiger partial charge in [0.05, 0.1) is 6.54 Å². The summed E-state index contributed by atoms with van der Waals surface area (Å²) < 4.78 is 1.95. The van der Waals surface area contributed by atoms with Gasteiger partial charge in [-0.1, -0.05) is 35.9 Å². The smallest absolute Gasteiger partial charge is 0.192 e. The molecule has 0 fully saturated rings. The first-order valence-corrected chi connectivity index (χ1v) is 10.0. The fourth-order valence-corrected chi connectivity index (χ4v) is 3.39. The third-order valence-corrected chi connectivity index (χ3v) is 5.46. The SMILES string of the molecule is Cc1nnc(CN=C(NCCc2ccccc2Cl)NCc2cccs2)n1C.I. The summed E-state index contributed by atoms with van der Waals surface area (Å²) in [5.41, 5.74) is 1.12. The zero-order valence-electron chi connectivity index (χ0n) is 15.9. The van der Waals surface area contributed by atoms with Gasteiger partial charge in [0.15, 0.2) is 11.8 Å². The molecule has 0 radical (unpaired) electrons. The van der Waals surface area contributed by atoms with E-state index in [9.17, 15) is 0 Å². The van der Waals surface area contributed by atoms with Crippen LogP contribution in [0.1, 0.15) is 22.1 Å². The highest BCUT2D eigenvalue weighted by atomic mass is 127. The number of aromatic nitrogens is 3. The molecule has 0 unspecified atom stereocenters. The number of aliphatic imine (C=N–C) groups is 1. The summed E-state index contributed by atoms with van der Waals surface area (Å²) in [7, 11) is 1.95. The Kier molecular flexibility index (Phi) is 9.20. The maximum absolute atomic E-state index is 6.24. The summed E-state index contributed by atoms with van der Waals surface area (Å²) in [6.07, 6.45) is 0.822. The van der Waals surface area contributed by atoms with Gasteiger partial charge in [-0.2, -0.15) is 0 Å². The lowest BCUT2D eigenvalue weighted by atomic mass is 10.1. The van der Waals surface area contributed by atoms with Crippen molar-refractivity contribution in [3.8, 4) is 0 Å². The van der Waals surface area contributed by atoms with Crippen molar-refractivity contribution in [1.82, 2.24) is 25.4 Å². The minimum atomic E-state index is 0. The number of aryl methyl sites for hydroxylation is 1. The van der Waals surface area contributed by atoms with E-state index in [2.05, 4.69) is 37.3 Å². The Labute approximate surface area is 191 Å². The molecule has 0 aliphatic rings. The quantitative estimate of drug-likeness (QED) is 0.276. The van der Waals surface area contributed by atoms with Crippen molar-refractivity contribution in [2.24, 2.45) is 12.0 Å². The Morgan fingerprint density at radius 3 is 2.68 bits per heavy atom. The molecule has 2 N–H and O–H groups in total. The number of benzene rings is 1. The molecule has 0 atom stereocenters. The average molecular weight is 531 g/mol. The first-order valence-electron chi connectivity index (χ1n) is 8.76. The van der Waals surface area contributed by atoms with Crippen LogP contribution >= 0.6 is 46.9 Å². The molecule has 9 heteroatoms. The summed E-state index contributed by atoms with van der Waals surface area (Å²) in [6.45, 7) is 3.85. The lowest BCUT2D eigenvalue weighted by molar-refractivity contribution is 0.750. The third-order valence-electron chi connectivity index (χ3n) is 4.22. The molecule has 28 heavy (non-hydrogen) atoms. The van der Waals surface area contributed by atoms with Crippen molar-refractivity contribution >= 4 is 52.9 Å². The van der Waals surface area contributed by atoms with Crippen molar-refractivity contribution in [2.45, 2.75) is 26.4 Å². The second-order valence-corrected chi connectivity index (χ2v) is 7.53. The second kappa shape index (κ2) is 11.4. The molecule has 0 bridgehead atoms. The van der Waals surface area contributed by atoms with Gasteiger partial charge in [0, 0.05) is 23.5 Å². The van der Waals surface area contributed by atoms with Crippen molar-refractivity contribution in [2.75, 3.05) is 6.54 Å². The van der Waals surface area contributed by atoms with Crippen molar-refractivity contribution < 1.29 is 0 Å². The zero-order chi connectivity index (χ0) is 19.1. The standard InChI is InChI=1S/C19H23ClN6S.HI/c1-14-24-25-18(26(14)2)13-23-19(22-12-16-7-5-11-27-16)21-10-9-15-6-3-4-8-17(15)20;/h3-8,11H,9-10,12-13H2,1-2H3,(H2,21,22,23);1H. The van der Waals surface area contributed by atoms with Gasteiger partial charge >= 0.3 is 0 Å². The van der Waals surface area contributed by atoms with Crippen LogP contribution < -0.4 is 10.6 Å². The minimum Gasteiger partial charge on any atom is -0.356 e. The van der Waals surface area contributed by atoms with Crippen molar-refractivity contribution in [3.63, 3.8) is 0 Å². The van der Waals surface area contributed by atoms with Crippen LogP contribution in [0.5, 0.6) is 0 Å². The molecule has 2 heterocycles. The van der Waals surface area contributed by atoms with E-state index in [1.54, 1.807) is 11.3 Å². The minimum absolute atomic E-state index is 0. The predicted octanol–water partition coefficient (Wildman–Crippen LogP) is 3.93. The number of hydrogen-bond acceptors (Lipinski definition) is 4. The lowest BCUT2D eigenvalue weighted by Crippen LogP contribution is -2.38. The highest BCUT2D eigenvalue weighted by Crippen LogP contribution is 2.14. The molecule has 0 spiro atoms. The molecule has 3 aromatic rings. The summed E-state index contributed by atoms with van der Waals surface area (Å²) in [5, 5.41) is 17.9. The fraction of sp³-hybridized carbons (Fsp3) is 0.316. The molecule has 0 saturated heterocycles. The molecule has 6 nitrogen and oxygen atoms in total. The van der Waals surface area contributed by atoms with Gasteiger partial charge in [-0.25, -0.2) is 4.99 Å². The van der Waals surface area contributed by atoms with Crippen molar-refractivity contribution in [1.29, 1.82) is 0 Å². The number of halogens is 2. The first-order chi connectivity index (χ1) is 13.1. The van der Waals surface area contributed by atoms with Crippen LogP contribution in [0.4, 0.5) is 0 Å². The Morgan fingerprint density at radius 2 is 2.00 bits per heavy atom. The average Bonchev–Trinajstić information content (AvgIpc) is 3.30. The summed E-state index contributed by atoms with van der Waals surface area (Å²) in [4.78, 5) is 5.92. The van der Waals surface area contributed by atoms with Crippen LogP contribution in [0.3, 0.4) is 0 Å². The topological polar surface area (TPSA) is 67.1 Å². The van der Waals surface area contributed by atoms with Crippen LogP contribution in [0, 0.1) is 6.92 Å². The van der Waals surface area contributed by atoms with Gasteiger partial charge in [0.25, 0.3) is 0 Å². The highest BCUT2D eigenvalue weighted by Gasteiger charge is 2.06. The van der Waals surface area contributed by atoms with E-state index in [1.807, 2.05) is 48.9 Å². The van der Waals surface area contributed by atoms with Gasteiger partial charge < -0.3 is 15.2 Å².